The first kappa shape index (κ1) is 17.4. The Morgan fingerprint density at radius 2 is 1.37 bits per heavy atom. The van der Waals surface area contributed by atoms with Crippen LogP contribution in [0.2, 0.25) is 0 Å². The summed E-state index contributed by atoms with van der Waals surface area (Å²) in [5.41, 5.74) is 0. The van der Waals surface area contributed by atoms with Gasteiger partial charge in [-0.25, -0.2) is 4.79 Å². The summed E-state index contributed by atoms with van der Waals surface area (Å²) in [5.74, 6) is -10.5. The first-order valence-corrected chi connectivity index (χ1v) is 4.06. The maximum Gasteiger partial charge on any atom is 0.491 e. The molecule has 0 heterocycles. The van der Waals surface area contributed by atoms with E-state index < -0.39 is 36.3 Å². The van der Waals surface area contributed by atoms with Crippen LogP contribution < -0.4 is 0 Å². The zero-order chi connectivity index (χ0) is 15.6. The lowest BCUT2D eigenvalue weighted by Crippen LogP contribution is -2.49. The highest BCUT2D eigenvalue weighted by atomic mass is 19.4. The molecule has 1 unspecified atom stereocenters. The molecule has 0 aromatic carbocycles. The van der Waals surface area contributed by atoms with Crippen LogP contribution in [0.5, 0.6) is 0 Å². The van der Waals surface area contributed by atoms with Crippen LogP contribution in [0.4, 0.5) is 35.1 Å². The lowest BCUT2D eigenvalue weighted by atomic mass is 10.1. The van der Waals surface area contributed by atoms with Gasteiger partial charge in [0, 0.05) is 0 Å². The van der Waals surface area contributed by atoms with E-state index in [9.17, 15) is 44.7 Å². The average Bonchev–Trinajstić information content (AvgIpc) is 2.12. The van der Waals surface area contributed by atoms with Gasteiger partial charge in [0.05, 0.1) is 7.11 Å². The van der Waals surface area contributed by atoms with Crippen LogP contribution in [0.1, 0.15) is 0 Å². The SMILES string of the molecule is COC(=O)C(C(F)(F)F)C(F)(F)OC(=O)C(F)(F)F. The summed E-state index contributed by atoms with van der Waals surface area (Å²) in [4.78, 5) is 20.6. The molecule has 0 aromatic rings. The molecule has 0 N–H and O–H groups in total. The Kier molecular flexibility index (Phi) is 4.73. The third-order valence-corrected chi connectivity index (χ3v) is 1.56. The van der Waals surface area contributed by atoms with Gasteiger partial charge in [0.1, 0.15) is 0 Å². The molecule has 0 aliphatic rings. The molecular weight excluding hydrogens is 300 g/mol. The van der Waals surface area contributed by atoms with Crippen LogP contribution >= 0.6 is 0 Å². The number of alkyl halides is 8. The Morgan fingerprint density at radius 1 is 0.947 bits per heavy atom. The van der Waals surface area contributed by atoms with Crippen molar-refractivity contribution in [2.45, 2.75) is 18.5 Å². The van der Waals surface area contributed by atoms with Crippen LogP contribution in [0.25, 0.3) is 0 Å². The fourth-order valence-electron chi connectivity index (χ4n) is 0.820. The standard InChI is InChI=1S/C7H4F8O4/c1-18-3(16)2(5(8,9)10)7(14,15)19-4(17)6(11,12)13/h2H,1H3. The van der Waals surface area contributed by atoms with E-state index in [0.717, 1.165) is 0 Å². The first-order chi connectivity index (χ1) is 8.23. The lowest BCUT2D eigenvalue weighted by Gasteiger charge is -2.25. The second-order valence-electron chi connectivity index (χ2n) is 2.95. The average molecular weight is 304 g/mol. The first-order valence-electron chi connectivity index (χ1n) is 4.06. The number of carbonyl (C=O) groups excluding carboxylic acids is 2. The van der Waals surface area contributed by atoms with E-state index in [0.29, 0.717) is 7.11 Å². The van der Waals surface area contributed by atoms with E-state index in [2.05, 4.69) is 9.47 Å². The second-order valence-corrected chi connectivity index (χ2v) is 2.95. The normalized spacial score (nSPS) is 14.8. The molecule has 0 aliphatic carbocycles. The Bertz CT molecular complexity index is 357. The highest BCUT2D eigenvalue weighted by Gasteiger charge is 2.65. The van der Waals surface area contributed by atoms with Crippen molar-refractivity contribution in [2.75, 3.05) is 7.11 Å². The van der Waals surface area contributed by atoms with Crippen LogP contribution in [0, 0.1) is 5.92 Å². The summed E-state index contributed by atoms with van der Waals surface area (Å²) in [6, 6.07) is 0. The van der Waals surface area contributed by atoms with Gasteiger partial charge < -0.3 is 9.47 Å². The summed E-state index contributed by atoms with van der Waals surface area (Å²) < 4.78 is 103. The van der Waals surface area contributed by atoms with E-state index >= 15 is 0 Å². The Morgan fingerprint density at radius 3 is 1.63 bits per heavy atom. The molecule has 4 nitrogen and oxygen atoms in total. The van der Waals surface area contributed by atoms with Crippen molar-refractivity contribution in [2.24, 2.45) is 5.92 Å². The minimum atomic E-state index is -5.98. The smallest absolute Gasteiger partial charge is 0.468 e. The van der Waals surface area contributed by atoms with Crippen LogP contribution in [0.15, 0.2) is 0 Å². The molecule has 0 rings (SSSR count). The molecule has 0 bridgehead atoms. The molecule has 0 aliphatic heterocycles. The van der Waals surface area contributed by atoms with Crippen molar-refractivity contribution < 1.29 is 54.2 Å². The number of rotatable bonds is 3. The summed E-state index contributed by atoms with van der Waals surface area (Å²) in [6.07, 6.45) is -17.7. The number of ether oxygens (including phenoxy) is 2. The maximum absolute atomic E-state index is 12.8. The van der Waals surface area contributed by atoms with Gasteiger partial charge in [-0.1, -0.05) is 0 Å². The van der Waals surface area contributed by atoms with Gasteiger partial charge in [-0.3, -0.25) is 4.79 Å². The molecular formula is C7H4F8O4. The molecule has 0 spiro atoms. The van der Waals surface area contributed by atoms with E-state index in [1.54, 1.807) is 0 Å². The molecule has 1 atom stereocenters. The van der Waals surface area contributed by atoms with Crippen molar-refractivity contribution in [3.05, 3.63) is 0 Å². The summed E-state index contributed by atoms with van der Waals surface area (Å²) >= 11 is 0. The zero-order valence-corrected chi connectivity index (χ0v) is 8.73. The number of carbonyl (C=O) groups is 2. The predicted molar refractivity (Wildman–Crippen MR) is 38.7 cm³/mol. The molecule has 0 saturated carbocycles. The van der Waals surface area contributed by atoms with Crippen molar-refractivity contribution in [1.29, 1.82) is 0 Å². The summed E-state index contributed by atoms with van der Waals surface area (Å²) in [5, 5.41) is 0. The highest BCUT2D eigenvalue weighted by molar-refractivity contribution is 5.78. The number of halogens is 8. The van der Waals surface area contributed by atoms with Gasteiger partial charge >= 0.3 is 30.4 Å². The van der Waals surface area contributed by atoms with Gasteiger partial charge in [-0.15, -0.1) is 0 Å². The van der Waals surface area contributed by atoms with Crippen molar-refractivity contribution >= 4 is 11.9 Å². The van der Waals surface area contributed by atoms with Gasteiger partial charge in [0.15, 0.2) is 0 Å². The number of hydrogen-bond donors (Lipinski definition) is 0. The number of hydrogen-bond acceptors (Lipinski definition) is 4. The van der Waals surface area contributed by atoms with Crippen LogP contribution in [-0.2, 0) is 19.1 Å². The molecule has 12 heteroatoms. The largest absolute Gasteiger partial charge is 0.491 e. The predicted octanol–water partition coefficient (Wildman–Crippen LogP) is 2.04. The second kappa shape index (κ2) is 5.17. The Hall–Kier alpha value is -1.62. The van der Waals surface area contributed by atoms with Crippen molar-refractivity contribution in [3.63, 3.8) is 0 Å². The zero-order valence-electron chi connectivity index (χ0n) is 8.73. The van der Waals surface area contributed by atoms with E-state index in [-0.39, 0.29) is 0 Å². The molecule has 0 amide bonds. The summed E-state index contributed by atoms with van der Waals surface area (Å²) in [6.45, 7) is 0. The third-order valence-electron chi connectivity index (χ3n) is 1.56. The van der Waals surface area contributed by atoms with Crippen LogP contribution in [0.3, 0.4) is 0 Å². The van der Waals surface area contributed by atoms with Gasteiger partial charge in [0.2, 0.25) is 0 Å². The number of methoxy groups -OCH3 is 1. The van der Waals surface area contributed by atoms with Gasteiger partial charge in [-0.2, -0.15) is 35.1 Å². The highest BCUT2D eigenvalue weighted by Crippen LogP contribution is 2.40. The minimum Gasteiger partial charge on any atom is -0.468 e. The number of esters is 2. The van der Waals surface area contributed by atoms with Crippen molar-refractivity contribution in [1.82, 2.24) is 0 Å². The van der Waals surface area contributed by atoms with E-state index in [1.807, 2.05) is 0 Å². The molecule has 19 heavy (non-hydrogen) atoms. The molecule has 0 aromatic heterocycles. The lowest BCUT2D eigenvalue weighted by molar-refractivity contribution is -0.326. The third kappa shape index (κ3) is 4.52. The molecule has 0 fully saturated rings. The fourth-order valence-corrected chi connectivity index (χ4v) is 0.820. The molecule has 0 radical (unpaired) electrons. The van der Waals surface area contributed by atoms with Crippen molar-refractivity contribution in [3.8, 4) is 0 Å². The molecule has 0 saturated heterocycles. The molecule has 112 valence electrons. The van der Waals surface area contributed by atoms with E-state index in [4.69, 9.17) is 0 Å². The van der Waals surface area contributed by atoms with E-state index in [1.165, 1.54) is 0 Å². The van der Waals surface area contributed by atoms with Gasteiger partial charge in [0.25, 0.3) is 5.92 Å². The topological polar surface area (TPSA) is 52.6 Å². The quantitative estimate of drug-likeness (QED) is 0.591. The van der Waals surface area contributed by atoms with Crippen LogP contribution in [-0.4, -0.2) is 37.5 Å². The maximum atomic E-state index is 12.8. The monoisotopic (exact) mass is 304 g/mol. The Balaban J connectivity index is 5.33. The summed E-state index contributed by atoms with van der Waals surface area (Å²) in [7, 11) is 0.294. The fraction of sp³-hybridized carbons (Fsp3) is 0.714. The minimum absolute atomic E-state index is 0.294. The van der Waals surface area contributed by atoms with Gasteiger partial charge in [-0.05, 0) is 0 Å². The Labute approximate surface area is 98.8 Å².